The zero-order chi connectivity index (χ0) is 11.5. The molecule has 1 aliphatic rings. The Bertz CT molecular complexity index is 359. The molecule has 0 unspecified atom stereocenters. The summed E-state index contributed by atoms with van der Waals surface area (Å²) in [4.78, 5) is 0. The van der Waals surface area contributed by atoms with E-state index in [9.17, 15) is 5.11 Å². The first-order valence-electron chi connectivity index (χ1n) is 5.73. The third-order valence-electron chi connectivity index (χ3n) is 3.24. The highest BCUT2D eigenvalue weighted by Crippen LogP contribution is 2.24. The van der Waals surface area contributed by atoms with E-state index in [1.165, 1.54) is 5.56 Å². The van der Waals surface area contributed by atoms with Gasteiger partial charge in [-0.25, -0.2) is 0 Å². The number of aromatic hydroxyl groups is 1. The Morgan fingerprint density at radius 1 is 1.44 bits per heavy atom. The lowest BCUT2D eigenvalue weighted by atomic mass is 9.89. The van der Waals surface area contributed by atoms with Crippen molar-refractivity contribution in [1.29, 1.82) is 0 Å². The van der Waals surface area contributed by atoms with Crippen molar-refractivity contribution in [3.8, 4) is 5.75 Å². The minimum atomic E-state index is 0.376. The molecular weight excluding hydrogens is 202 g/mol. The highest BCUT2D eigenvalue weighted by molar-refractivity contribution is 5.35. The number of hydrogen-bond acceptors (Lipinski definition) is 3. The standard InChI is InChI=1S/C13H19NO2/c1-9-3-4-13(15)10(5-9)8-14-11-6-12(7-11)16-2/h3-5,11-12,14-15H,6-8H2,1-2H3. The van der Waals surface area contributed by atoms with Crippen LogP contribution in [0.3, 0.4) is 0 Å². The van der Waals surface area contributed by atoms with Gasteiger partial charge in [-0.2, -0.15) is 0 Å². The van der Waals surface area contributed by atoms with Gasteiger partial charge in [0.1, 0.15) is 5.75 Å². The van der Waals surface area contributed by atoms with Crippen molar-refractivity contribution in [1.82, 2.24) is 5.32 Å². The average molecular weight is 221 g/mol. The average Bonchev–Trinajstić information content (AvgIpc) is 2.21. The molecule has 1 aromatic carbocycles. The second-order valence-corrected chi connectivity index (χ2v) is 4.54. The van der Waals surface area contributed by atoms with Crippen molar-refractivity contribution >= 4 is 0 Å². The van der Waals surface area contributed by atoms with Gasteiger partial charge < -0.3 is 15.2 Å². The molecule has 0 aliphatic heterocycles. The maximum Gasteiger partial charge on any atom is 0.120 e. The van der Waals surface area contributed by atoms with E-state index < -0.39 is 0 Å². The van der Waals surface area contributed by atoms with Crippen LogP contribution in [0.5, 0.6) is 5.75 Å². The SMILES string of the molecule is COC1CC(NCc2cc(C)ccc2O)C1. The Morgan fingerprint density at radius 3 is 2.88 bits per heavy atom. The van der Waals surface area contributed by atoms with Gasteiger partial charge in [0.15, 0.2) is 0 Å². The highest BCUT2D eigenvalue weighted by atomic mass is 16.5. The minimum Gasteiger partial charge on any atom is -0.508 e. The van der Waals surface area contributed by atoms with E-state index in [0.29, 0.717) is 17.9 Å². The largest absolute Gasteiger partial charge is 0.508 e. The van der Waals surface area contributed by atoms with Crippen LogP contribution in [-0.4, -0.2) is 24.4 Å². The van der Waals surface area contributed by atoms with Gasteiger partial charge in [0.05, 0.1) is 6.10 Å². The number of rotatable bonds is 4. The molecule has 1 aromatic rings. The fourth-order valence-corrected chi connectivity index (χ4v) is 2.03. The van der Waals surface area contributed by atoms with E-state index in [1.54, 1.807) is 13.2 Å². The van der Waals surface area contributed by atoms with Gasteiger partial charge in [-0.05, 0) is 25.8 Å². The third kappa shape index (κ3) is 2.54. The van der Waals surface area contributed by atoms with Crippen LogP contribution in [0.2, 0.25) is 0 Å². The molecule has 0 heterocycles. The summed E-state index contributed by atoms with van der Waals surface area (Å²) in [6.07, 6.45) is 2.57. The van der Waals surface area contributed by atoms with E-state index in [4.69, 9.17) is 4.74 Å². The molecule has 0 atom stereocenters. The molecule has 0 spiro atoms. The van der Waals surface area contributed by atoms with Gasteiger partial charge in [0, 0.05) is 25.3 Å². The lowest BCUT2D eigenvalue weighted by Gasteiger charge is -2.34. The van der Waals surface area contributed by atoms with E-state index in [1.807, 2.05) is 19.1 Å². The van der Waals surface area contributed by atoms with Crippen LogP contribution in [0.25, 0.3) is 0 Å². The summed E-state index contributed by atoms with van der Waals surface area (Å²) in [5, 5.41) is 13.1. The molecule has 0 amide bonds. The number of phenolic OH excluding ortho intramolecular Hbond substituents is 1. The van der Waals surface area contributed by atoms with Crippen molar-refractivity contribution < 1.29 is 9.84 Å². The highest BCUT2D eigenvalue weighted by Gasteiger charge is 2.28. The molecule has 1 saturated carbocycles. The molecule has 3 nitrogen and oxygen atoms in total. The molecule has 1 fully saturated rings. The third-order valence-corrected chi connectivity index (χ3v) is 3.24. The van der Waals surface area contributed by atoms with Gasteiger partial charge in [-0.3, -0.25) is 0 Å². The summed E-state index contributed by atoms with van der Waals surface area (Å²) in [5.74, 6) is 0.376. The molecule has 3 heteroatoms. The predicted molar refractivity (Wildman–Crippen MR) is 63.5 cm³/mol. The Balaban J connectivity index is 1.83. The fourth-order valence-electron chi connectivity index (χ4n) is 2.03. The normalized spacial score (nSPS) is 24.1. The molecule has 2 rings (SSSR count). The Labute approximate surface area is 96.4 Å². The number of methoxy groups -OCH3 is 1. The quantitative estimate of drug-likeness (QED) is 0.816. The number of hydrogen-bond donors (Lipinski definition) is 2. The second kappa shape index (κ2) is 4.85. The molecule has 0 bridgehead atoms. The molecular formula is C13H19NO2. The summed E-state index contributed by atoms with van der Waals surface area (Å²) >= 11 is 0. The molecule has 16 heavy (non-hydrogen) atoms. The first-order valence-corrected chi connectivity index (χ1v) is 5.73. The van der Waals surface area contributed by atoms with Crippen LogP contribution in [0, 0.1) is 6.92 Å². The summed E-state index contributed by atoms with van der Waals surface area (Å²) in [6.45, 7) is 2.77. The van der Waals surface area contributed by atoms with Gasteiger partial charge in [-0.15, -0.1) is 0 Å². The number of nitrogens with one attached hydrogen (secondary N) is 1. The number of ether oxygens (including phenoxy) is 1. The summed E-state index contributed by atoms with van der Waals surface area (Å²) in [5.41, 5.74) is 2.15. The first-order chi connectivity index (χ1) is 7.69. The Hall–Kier alpha value is -1.06. The zero-order valence-electron chi connectivity index (χ0n) is 9.86. The molecule has 0 aromatic heterocycles. The maximum absolute atomic E-state index is 9.67. The summed E-state index contributed by atoms with van der Waals surface area (Å²) in [6, 6.07) is 6.23. The van der Waals surface area contributed by atoms with Gasteiger partial charge in [0.2, 0.25) is 0 Å². The second-order valence-electron chi connectivity index (χ2n) is 4.54. The van der Waals surface area contributed by atoms with Crippen molar-refractivity contribution in [3.05, 3.63) is 29.3 Å². The van der Waals surface area contributed by atoms with E-state index in [2.05, 4.69) is 5.32 Å². The summed E-state index contributed by atoms with van der Waals surface area (Å²) in [7, 11) is 1.76. The van der Waals surface area contributed by atoms with Gasteiger partial charge >= 0.3 is 0 Å². The van der Waals surface area contributed by atoms with E-state index in [0.717, 1.165) is 24.9 Å². The number of aryl methyl sites for hydroxylation is 1. The first kappa shape index (κ1) is 11.4. The van der Waals surface area contributed by atoms with Crippen molar-refractivity contribution in [2.75, 3.05) is 7.11 Å². The van der Waals surface area contributed by atoms with Crippen molar-refractivity contribution in [2.24, 2.45) is 0 Å². The molecule has 0 radical (unpaired) electrons. The lowest BCUT2D eigenvalue weighted by Crippen LogP contribution is -2.44. The number of phenols is 1. The maximum atomic E-state index is 9.67. The molecule has 88 valence electrons. The van der Waals surface area contributed by atoms with Gasteiger partial charge in [0.25, 0.3) is 0 Å². The molecule has 2 N–H and O–H groups in total. The van der Waals surface area contributed by atoms with Crippen LogP contribution in [0.1, 0.15) is 24.0 Å². The summed E-state index contributed by atoms with van der Waals surface area (Å²) < 4.78 is 5.22. The monoisotopic (exact) mass is 221 g/mol. The zero-order valence-corrected chi connectivity index (χ0v) is 9.86. The van der Waals surface area contributed by atoms with Crippen molar-refractivity contribution in [3.63, 3.8) is 0 Å². The van der Waals surface area contributed by atoms with Crippen molar-refractivity contribution in [2.45, 2.75) is 38.5 Å². The van der Waals surface area contributed by atoms with E-state index in [-0.39, 0.29) is 0 Å². The lowest BCUT2D eigenvalue weighted by molar-refractivity contribution is 0.0169. The van der Waals surface area contributed by atoms with Gasteiger partial charge in [-0.1, -0.05) is 17.7 Å². The molecule has 1 aliphatic carbocycles. The number of benzene rings is 1. The minimum absolute atomic E-state index is 0.376. The van der Waals surface area contributed by atoms with Crippen LogP contribution in [-0.2, 0) is 11.3 Å². The topological polar surface area (TPSA) is 41.5 Å². The van der Waals surface area contributed by atoms with Crippen LogP contribution in [0.15, 0.2) is 18.2 Å². The predicted octanol–water partition coefficient (Wildman–Crippen LogP) is 1.97. The molecule has 0 saturated heterocycles. The Morgan fingerprint density at radius 2 is 2.19 bits per heavy atom. The fraction of sp³-hybridized carbons (Fsp3) is 0.538. The Kier molecular flexibility index (Phi) is 3.46. The van der Waals surface area contributed by atoms with Crippen LogP contribution >= 0.6 is 0 Å². The van der Waals surface area contributed by atoms with Crippen LogP contribution < -0.4 is 5.32 Å². The van der Waals surface area contributed by atoms with Crippen LogP contribution in [0.4, 0.5) is 0 Å². The van der Waals surface area contributed by atoms with E-state index >= 15 is 0 Å². The smallest absolute Gasteiger partial charge is 0.120 e.